The third-order valence-electron chi connectivity index (χ3n) is 1.06. The molecule has 0 atom stereocenters. The highest BCUT2D eigenvalue weighted by Gasteiger charge is 2.09. The van der Waals surface area contributed by atoms with E-state index in [1.165, 1.54) is 6.07 Å². The average Bonchev–Trinajstić information content (AvgIpc) is 2.37. The van der Waals surface area contributed by atoms with E-state index >= 15 is 0 Å². The number of nitrogens with zero attached hydrogens (tertiary/aromatic N) is 1. The minimum absolute atomic E-state index is 0.0333. The number of carbonyl (C=O) groups is 1. The molecule has 0 spiro atoms. The van der Waals surface area contributed by atoms with Crippen molar-refractivity contribution < 1.29 is 14.4 Å². The van der Waals surface area contributed by atoms with Gasteiger partial charge in [-0.2, -0.15) is 11.8 Å². The molecule has 0 unspecified atom stereocenters. The van der Waals surface area contributed by atoms with E-state index in [0.29, 0.717) is 11.5 Å². The molecule has 0 amide bonds. The fraction of sp³-hybridized carbons (Fsp3) is 0.333. The van der Waals surface area contributed by atoms with Crippen LogP contribution in [0.15, 0.2) is 10.6 Å². The molecule has 0 saturated heterocycles. The van der Waals surface area contributed by atoms with Crippen LogP contribution in [0.2, 0.25) is 0 Å². The molecule has 0 aliphatic rings. The lowest BCUT2D eigenvalue weighted by atomic mass is 10.4. The number of thioether (sulfide) groups is 1. The Labute approximate surface area is 67.6 Å². The van der Waals surface area contributed by atoms with E-state index in [1.807, 2.05) is 6.26 Å². The van der Waals surface area contributed by atoms with Crippen LogP contribution in [0, 0.1) is 0 Å². The van der Waals surface area contributed by atoms with Gasteiger partial charge in [0.15, 0.2) is 5.69 Å². The Bertz CT molecular complexity index is 258. The van der Waals surface area contributed by atoms with Gasteiger partial charge in [-0.25, -0.2) is 4.79 Å². The number of hydrogen-bond acceptors (Lipinski definition) is 4. The van der Waals surface area contributed by atoms with Crippen LogP contribution < -0.4 is 0 Å². The molecule has 60 valence electrons. The van der Waals surface area contributed by atoms with Gasteiger partial charge in [-0.1, -0.05) is 5.16 Å². The van der Waals surface area contributed by atoms with Gasteiger partial charge in [-0.15, -0.1) is 0 Å². The predicted octanol–water partition coefficient (Wildman–Crippen LogP) is 1.24. The molecular formula is C6H7NO3S. The highest BCUT2D eigenvalue weighted by atomic mass is 32.2. The van der Waals surface area contributed by atoms with Gasteiger partial charge in [0.25, 0.3) is 0 Å². The van der Waals surface area contributed by atoms with Crippen molar-refractivity contribution in [3.05, 3.63) is 17.5 Å². The van der Waals surface area contributed by atoms with Crippen LogP contribution in [0.4, 0.5) is 0 Å². The summed E-state index contributed by atoms with van der Waals surface area (Å²) >= 11 is 1.55. The summed E-state index contributed by atoms with van der Waals surface area (Å²) in [6.45, 7) is 0. The monoisotopic (exact) mass is 173 g/mol. The molecule has 0 radical (unpaired) electrons. The lowest BCUT2D eigenvalue weighted by Gasteiger charge is -1.84. The van der Waals surface area contributed by atoms with Gasteiger partial charge in [0, 0.05) is 6.07 Å². The quantitative estimate of drug-likeness (QED) is 0.744. The summed E-state index contributed by atoms with van der Waals surface area (Å²) in [7, 11) is 0. The van der Waals surface area contributed by atoms with Crippen LogP contribution in [0.5, 0.6) is 0 Å². The molecule has 11 heavy (non-hydrogen) atoms. The van der Waals surface area contributed by atoms with Crippen molar-refractivity contribution in [2.24, 2.45) is 0 Å². The van der Waals surface area contributed by atoms with Crippen LogP contribution in [0.1, 0.15) is 16.2 Å². The summed E-state index contributed by atoms with van der Waals surface area (Å²) in [6, 6.07) is 1.43. The zero-order chi connectivity index (χ0) is 8.27. The molecule has 1 heterocycles. The molecule has 0 aliphatic carbocycles. The summed E-state index contributed by atoms with van der Waals surface area (Å²) < 4.78 is 4.71. The zero-order valence-electron chi connectivity index (χ0n) is 5.90. The molecule has 0 aromatic carbocycles. The summed E-state index contributed by atoms with van der Waals surface area (Å²) in [5, 5.41) is 11.8. The third kappa shape index (κ3) is 1.98. The molecule has 0 fully saturated rings. The molecular weight excluding hydrogens is 166 g/mol. The van der Waals surface area contributed by atoms with Crippen molar-refractivity contribution in [3.63, 3.8) is 0 Å². The van der Waals surface area contributed by atoms with Crippen molar-refractivity contribution in [1.29, 1.82) is 0 Å². The van der Waals surface area contributed by atoms with E-state index in [9.17, 15) is 4.79 Å². The van der Waals surface area contributed by atoms with Crippen molar-refractivity contribution in [3.8, 4) is 0 Å². The van der Waals surface area contributed by atoms with Crippen molar-refractivity contribution >= 4 is 17.7 Å². The van der Waals surface area contributed by atoms with Crippen molar-refractivity contribution in [2.45, 2.75) is 5.75 Å². The van der Waals surface area contributed by atoms with E-state index in [2.05, 4.69) is 5.16 Å². The molecule has 0 bridgehead atoms. The molecule has 5 heteroatoms. The second-order valence-corrected chi connectivity index (χ2v) is 2.78. The molecule has 1 N–H and O–H groups in total. The topological polar surface area (TPSA) is 63.3 Å². The first-order valence-electron chi connectivity index (χ1n) is 2.92. The minimum atomic E-state index is -1.05. The average molecular weight is 173 g/mol. The summed E-state index contributed by atoms with van der Waals surface area (Å²) in [5.74, 6) is 0.191. The predicted molar refractivity (Wildman–Crippen MR) is 40.7 cm³/mol. The summed E-state index contributed by atoms with van der Waals surface area (Å²) in [5.41, 5.74) is -0.0333. The molecule has 1 aromatic rings. The maximum absolute atomic E-state index is 10.3. The maximum Gasteiger partial charge on any atom is 0.358 e. The second kappa shape index (κ2) is 3.43. The fourth-order valence-corrected chi connectivity index (χ4v) is 1.04. The first kappa shape index (κ1) is 8.13. The number of carboxylic acids is 1. The Hall–Kier alpha value is -0.970. The maximum atomic E-state index is 10.3. The Balaban J connectivity index is 2.73. The molecule has 0 saturated carbocycles. The number of hydrogen-bond donors (Lipinski definition) is 1. The summed E-state index contributed by atoms with van der Waals surface area (Å²) in [6.07, 6.45) is 1.91. The highest BCUT2D eigenvalue weighted by Crippen LogP contribution is 2.10. The second-order valence-electron chi connectivity index (χ2n) is 1.92. The van der Waals surface area contributed by atoms with Gasteiger partial charge in [0.05, 0.1) is 5.75 Å². The van der Waals surface area contributed by atoms with Crippen LogP contribution in [0.3, 0.4) is 0 Å². The lowest BCUT2D eigenvalue weighted by molar-refractivity contribution is 0.0685. The Morgan fingerprint density at radius 1 is 1.91 bits per heavy atom. The van der Waals surface area contributed by atoms with E-state index < -0.39 is 5.97 Å². The van der Waals surface area contributed by atoms with Gasteiger partial charge in [-0.3, -0.25) is 0 Å². The largest absolute Gasteiger partial charge is 0.476 e. The smallest absolute Gasteiger partial charge is 0.358 e. The fourth-order valence-electron chi connectivity index (χ4n) is 0.624. The Morgan fingerprint density at radius 2 is 2.64 bits per heavy atom. The van der Waals surface area contributed by atoms with Gasteiger partial charge in [0.1, 0.15) is 5.76 Å². The highest BCUT2D eigenvalue weighted by molar-refractivity contribution is 7.97. The van der Waals surface area contributed by atoms with Gasteiger partial charge in [-0.05, 0) is 6.26 Å². The normalized spacial score (nSPS) is 9.91. The van der Waals surface area contributed by atoms with Gasteiger partial charge < -0.3 is 9.63 Å². The molecule has 1 aromatic heterocycles. The van der Waals surface area contributed by atoms with Crippen LogP contribution in [0.25, 0.3) is 0 Å². The third-order valence-corrected chi connectivity index (χ3v) is 1.64. The van der Waals surface area contributed by atoms with E-state index in [0.717, 1.165) is 0 Å². The van der Waals surface area contributed by atoms with Crippen molar-refractivity contribution in [1.82, 2.24) is 5.16 Å². The number of aromatic nitrogens is 1. The molecule has 4 nitrogen and oxygen atoms in total. The van der Waals surface area contributed by atoms with Gasteiger partial charge >= 0.3 is 5.97 Å². The summed E-state index contributed by atoms with van der Waals surface area (Å²) in [4.78, 5) is 10.3. The zero-order valence-corrected chi connectivity index (χ0v) is 6.72. The SMILES string of the molecule is CSCc1cc(C(=O)O)no1. The van der Waals surface area contributed by atoms with E-state index in [4.69, 9.17) is 9.63 Å². The van der Waals surface area contributed by atoms with Crippen molar-refractivity contribution in [2.75, 3.05) is 6.26 Å². The number of carboxylic acid groups (broad SMARTS) is 1. The van der Waals surface area contributed by atoms with E-state index in [-0.39, 0.29) is 5.69 Å². The van der Waals surface area contributed by atoms with E-state index in [1.54, 1.807) is 11.8 Å². The number of rotatable bonds is 3. The Kier molecular flexibility index (Phi) is 2.53. The molecule has 0 aliphatic heterocycles. The van der Waals surface area contributed by atoms with Crippen LogP contribution >= 0.6 is 11.8 Å². The van der Waals surface area contributed by atoms with Crippen LogP contribution in [-0.2, 0) is 5.75 Å². The standard InChI is InChI=1S/C6H7NO3S/c1-11-3-4-2-5(6(8)9)7-10-4/h2H,3H2,1H3,(H,8,9). The minimum Gasteiger partial charge on any atom is -0.476 e. The van der Waals surface area contributed by atoms with Gasteiger partial charge in [0.2, 0.25) is 0 Å². The first-order chi connectivity index (χ1) is 5.24. The lowest BCUT2D eigenvalue weighted by Crippen LogP contribution is -1.94. The van der Waals surface area contributed by atoms with Crippen LogP contribution in [-0.4, -0.2) is 22.5 Å². The Morgan fingerprint density at radius 3 is 3.09 bits per heavy atom. The molecule has 1 rings (SSSR count). The number of aromatic carboxylic acids is 1. The first-order valence-corrected chi connectivity index (χ1v) is 4.31.